The Bertz CT molecular complexity index is 930. The van der Waals surface area contributed by atoms with E-state index in [1.165, 1.54) is 12.3 Å². The van der Waals surface area contributed by atoms with Gasteiger partial charge < -0.3 is 10.1 Å². The fraction of sp³-hybridized carbons (Fsp3) is 0.0500. The van der Waals surface area contributed by atoms with Crippen molar-refractivity contribution in [3.63, 3.8) is 0 Å². The van der Waals surface area contributed by atoms with Gasteiger partial charge in [0.2, 0.25) is 6.10 Å². The van der Waals surface area contributed by atoms with Crippen LogP contribution in [0, 0.1) is 0 Å². The number of hydrogen-bond acceptors (Lipinski definition) is 4. The first kappa shape index (κ1) is 18.9. The van der Waals surface area contributed by atoms with Crippen molar-refractivity contribution in [3.8, 4) is 0 Å². The van der Waals surface area contributed by atoms with Gasteiger partial charge in [-0.05, 0) is 30.3 Å². The number of aromatic nitrogens is 1. The molecule has 3 aromatic rings. The van der Waals surface area contributed by atoms with Crippen molar-refractivity contribution >= 4 is 40.8 Å². The van der Waals surface area contributed by atoms with E-state index in [0.29, 0.717) is 21.3 Å². The molecule has 1 atom stereocenters. The third kappa shape index (κ3) is 5.06. The van der Waals surface area contributed by atoms with Crippen LogP contribution in [0.3, 0.4) is 0 Å². The number of rotatable bonds is 5. The number of ether oxygens (including phenoxy) is 1. The van der Waals surface area contributed by atoms with Crippen molar-refractivity contribution < 1.29 is 14.3 Å². The zero-order valence-electron chi connectivity index (χ0n) is 13.9. The number of nitrogens with zero attached hydrogens (tertiary/aromatic N) is 1. The predicted molar refractivity (Wildman–Crippen MR) is 104 cm³/mol. The van der Waals surface area contributed by atoms with Crippen LogP contribution in [-0.4, -0.2) is 16.9 Å². The number of anilines is 1. The van der Waals surface area contributed by atoms with Gasteiger partial charge in [-0.1, -0.05) is 59.6 Å². The van der Waals surface area contributed by atoms with Crippen molar-refractivity contribution in [1.82, 2.24) is 4.98 Å². The molecule has 3 rings (SSSR count). The van der Waals surface area contributed by atoms with E-state index in [1.54, 1.807) is 60.7 Å². The highest BCUT2D eigenvalue weighted by molar-refractivity contribution is 6.35. The third-order valence-electron chi connectivity index (χ3n) is 3.57. The van der Waals surface area contributed by atoms with E-state index in [0.717, 1.165) is 0 Å². The lowest BCUT2D eigenvalue weighted by Gasteiger charge is -2.18. The Labute approximate surface area is 165 Å². The van der Waals surface area contributed by atoms with Gasteiger partial charge in [-0.25, -0.2) is 9.78 Å². The van der Waals surface area contributed by atoms with Gasteiger partial charge in [0, 0.05) is 27.5 Å². The lowest BCUT2D eigenvalue weighted by molar-refractivity contribution is -0.125. The number of halogens is 2. The molecule has 0 aliphatic rings. The minimum atomic E-state index is -1.17. The number of carbonyl (C=O) groups is 2. The molecule has 7 heteroatoms. The van der Waals surface area contributed by atoms with Gasteiger partial charge in [0.05, 0.1) is 0 Å². The molecule has 0 fully saturated rings. The van der Waals surface area contributed by atoms with Crippen LogP contribution in [0.5, 0.6) is 0 Å². The summed E-state index contributed by atoms with van der Waals surface area (Å²) in [6, 6.07) is 18.2. The van der Waals surface area contributed by atoms with E-state index in [4.69, 9.17) is 27.9 Å². The topological polar surface area (TPSA) is 68.3 Å². The van der Waals surface area contributed by atoms with Gasteiger partial charge in [-0.15, -0.1) is 0 Å². The minimum absolute atomic E-state index is 0.108. The highest BCUT2D eigenvalue weighted by Gasteiger charge is 2.26. The van der Waals surface area contributed by atoms with E-state index in [1.807, 2.05) is 0 Å². The number of pyridine rings is 1. The lowest BCUT2D eigenvalue weighted by Crippen LogP contribution is -2.26. The van der Waals surface area contributed by atoms with Crippen LogP contribution in [0.25, 0.3) is 0 Å². The third-order valence-corrected chi connectivity index (χ3v) is 4.01. The molecule has 0 saturated heterocycles. The molecule has 5 nitrogen and oxygen atoms in total. The molecule has 0 spiro atoms. The van der Waals surface area contributed by atoms with Gasteiger partial charge in [-0.3, -0.25) is 4.79 Å². The molecule has 0 aliphatic heterocycles. The summed E-state index contributed by atoms with van der Waals surface area (Å²) in [6.07, 6.45) is 0.306. The van der Waals surface area contributed by atoms with E-state index >= 15 is 0 Å². The summed E-state index contributed by atoms with van der Waals surface area (Å²) in [7, 11) is 0. The zero-order chi connectivity index (χ0) is 19.2. The first-order valence-corrected chi connectivity index (χ1v) is 8.72. The first-order chi connectivity index (χ1) is 13.0. The summed E-state index contributed by atoms with van der Waals surface area (Å²) < 4.78 is 5.44. The zero-order valence-corrected chi connectivity index (χ0v) is 15.4. The molecule has 2 aromatic carbocycles. The molecule has 1 heterocycles. The lowest BCUT2D eigenvalue weighted by atomic mass is 10.1. The standard InChI is InChI=1S/C20H14Cl2N2O3/c21-14-10-15(22)12-16(11-14)24-19(25)18(13-6-2-1-3-7-13)27-20(26)17-8-4-5-9-23-17/h1-12,18H,(H,24,25)/t18-/m1/s1. The SMILES string of the molecule is O=C(O[C@@H](C(=O)Nc1cc(Cl)cc(Cl)c1)c1ccccc1)c1ccccn1. The second-order valence-electron chi connectivity index (χ2n) is 5.56. The normalized spacial score (nSPS) is 11.5. The number of benzene rings is 2. The molecule has 27 heavy (non-hydrogen) atoms. The van der Waals surface area contributed by atoms with E-state index < -0.39 is 18.0 Å². The molecule has 136 valence electrons. The minimum Gasteiger partial charge on any atom is -0.443 e. The predicted octanol–water partition coefficient (Wildman–Crippen LogP) is 4.93. The van der Waals surface area contributed by atoms with Crippen molar-refractivity contribution in [3.05, 3.63) is 94.2 Å². The summed E-state index contributed by atoms with van der Waals surface area (Å²) in [5, 5.41) is 3.42. The Balaban J connectivity index is 1.85. The average Bonchev–Trinajstić information content (AvgIpc) is 2.66. The quantitative estimate of drug-likeness (QED) is 0.616. The van der Waals surface area contributed by atoms with Crippen LogP contribution in [0.4, 0.5) is 5.69 Å². The first-order valence-electron chi connectivity index (χ1n) is 7.97. The molecule has 0 saturated carbocycles. The maximum Gasteiger partial charge on any atom is 0.358 e. The van der Waals surface area contributed by atoms with Gasteiger partial charge in [0.1, 0.15) is 5.69 Å². The van der Waals surface area contributed by atoms with Gasteiger partial charge in [0.15, 0.2) is 0 Å². The van der Waals surface area contributed by atoms with E-state index in [2.05, 4.69) is 10.3 Å². The monoisotopic (exact) mass is 400 g/mol. The molecule has 1 aromatic heterocycles. The number of carbonyl (C=O) groups excluding carboxylic acids is 2. The molecule has 0 aliphatic carbocycles. The van der Waals surface area contributed by atoms with Crippen LogP contribution < -0.4 is 5.32 Å². The van der Waals surface area contributed by atoms with E-state index in [9.17, 15) is 9.59 Å². The molecule has 1 amide bonds. The van der Waals surface area contributed by atoms with Crippen LogP contribution in [0.2, 0.25) is 10.0 Å². The van der Waals surface area contributed by atoms with Gasteiger partial charge in [0.25, 0.3) is 5.91 Å². The van der Waals surface area contributed by atoms with Gasteiger partial charge in [-0.2, -0.15) is 0 Å². The molecule has 1 N–H and O–H groups in total. The highest BCUT2D eigenvalue weighted by Crippen LogP contribution is 2.25. The molecule has 0 bridgehead atoms. The van der Waals surface area contributed by atoms with Gasteiger partial charge >= 0.3 is 5.97 Å². The Hall–Kier alpha value is -2.89. The van der Waals surface area contributed by atoms with Crippen LogP contribution in [0.15, 0.2) is 72.9 Å². The second-order valence-corrected chi connectivity index (χ2v) is 6.43. The van der Waals surface area contributed by atoms with Crippen molar-refractivity contribution in [2.45, 2.75) is 6.10 Å². The second kappa shape index (κ2) is 8.66. The summed E-state index contributed by atoms with van der Waals surface area (Å²) in [5.74, 6) is -1.24. The largest absolute Gasteiger partial charge is 0.443 e. The van der Waals surface area contributed by atoms with Crippen molar-refractivity contribution in [2.24, 2.45) is 0 Å². The Morgan fingerprint density at radius 1 is 0.926 bits per heavy atom. The maximum atomic E-state index is 12.8. The Morgan fingerprint density at radius 3 is 2.22 bits per heavy atom. The van der Waals surface area contributed by atoms with Crippen molar-refractivity contribution in [2.75, 3.05) is 5.32 Å². The number of nitrogens with one attached hydrogen (secondary N) is 1. The Kier molecular flexibility index (Phi) is 6.06. The maximum absolute atomic E-state index is 12.8. The highest BCUT2D eigenvalue weighted by atomic mass is 35.5. The summed E-state index contributed by atoms with van der Waals surface area (Å²) in [5.41, 5.74) is 1.02. The van der Waals surface area contributed by atoms with Crippen molar-refractivity contribution in [1.29, 1.82) is 0 Å². The van der Waals surface area contributed by atoms with Crippen LogP contribution in [-0.2, 0) is 9.53 Å². The number of amides is 1. The Morgan fingerprint density at radius 2 is 1.59 bits per heavy atom. The van der Waals surface area contributed by atoms with Crippen LogP contribution >= 0.6 is 23.2 Å². The van der Waals surface area contributed by atoms with E-state index in [-0.39, 0.29) is 5.69 Å². The summed E-state index contributed by atoms with van der Waals surface area (Å²) >= 11 is 11.9. The smallest absolute Gasteiger partial charge is 0.358 e. The number of esters is 1. The fourth-order valence-corrected chi connectivity index (χ4v) is 2.91. The summed E-state index contributed by atoms with van der Waals surface area (Å²) in [6.45, 7) is 0. The molecule has 0 radical (unpaired) electrons. The number of hydrogen-bond donors (Lipinski definition) is 1. The molecule has 0 unspecified atom stereocenters. The van der Waals surface area contributed by atoms with Crippen LogP contribution in [0.1, 0.15) is 22.2 Å². The molecular weight excluding hydrogens is 387 g/mol. The summed E-state index contributed by atoms with van der Waals surface area (Å²) in [4.78, 5) is 29.1. The molecular formula is C20H14Cl2N2O3. The fourth-order valence-electron chi connectivity index (χ4n) is 2.39. The average molecular weight is 401 g/mol.